The summed E-state index contributed by atoms with van der Waals surface area (Å²) in [6.45, 7) is 0. The van der Waals surface area contributed by atoms with Crippen LogP contribution in [-0.4, -0.2) is 25.1 Å². The van der Waals surface area contributed by atoms with Gasteiger partial charge in [-0.05, 0) is 55.7 Å². The first-order valence-electron chi connectivity index (χ1n) is 7.98. The lowest BCUT2D eigenvalue weighted by atomic mass is 9.67. The topological polar surface area (TPSA) is 64.3 Å². The van der Waals surface area contributed by atoms with E-state index in [9.17, 15) is 4.79 Å². The molecule has 0 aliphatic heterocycles. The fourth-order valence-electron chi connectivity index (χ4n) is 4.11. The van der Waals surface area contributed by atoms with E-state index < -0.39 is 0 Å². The van der Waals surface area contributed by atoms with Crippen molar-refractivity contribution in [1.82, 2.24) is 5.32 Å². The van der Waals surface area contributed by atoms with E-state index in [0.717, 1.165) is 25.7 Å². The second kappa shape index (κ2) is 7.73. The summed E-state index contributed by atoms with van der Waals surface area (Å²) in [4.78, 5) is 12.7. The lowest BCUT2D eigenvalue weighted by molar-refractivity contribution is 0.0753. The number of hydrogen-bond donors (Lipinski definition) is 2. The largest absolute Gasteiger partial charge is 0.496 e. The maximum Gasteiger partial charge on any atom is 0.255 e. The number of hydrogen-bond acceptors (Lipinski definition) is 3. The van der Waals surface area contributed by atoms with Crippen molar-refractivity contribution < 1.29 is 9.53 Å². The minimum atomic E-state index is -0.0779. The molecule has 0 saturated heterocycles. The van der Waals surface area contributed by atoms with Gasteiger partial charge in [-0.2, -0.15) is 0 Å². The van der Waals surface area contributed by atoms with Crippen molar-refractivity contribution in [2.24, 2.45) is 17.6 Å². The molecule has 2 unspecified atom stereocenters. The highest BCUT2D eigenvalue weighted by atomic mass is 35.5. The number of halogens is 2. The first kappa shape index (κ1) is 18.4. The van der Waals surface area contributed by atoms with Gasteiger partial charge in [0, 0.05) is 17.1 Å². The van der Waals surface area contributed by atoms with Crippen LogP contribution in [0.4, 0.5) is 0 Å². The van der Waals surface area contributed by atoms with Crippen molar-refractivity contribution in [2.45, 2.75) is 44.2 Å². The zero-order valence-electron chi connectivity index (χ0n) is 13.3. The van der Waals surface area contributed by atoms with E-state index in [-0.39, 0.29) is 30.4 Å². The minimum absolute atomic E-state index is 0. The summed E-state index contributed by atoms with van der Waals surface area (Å²) in [5.41, 5.74) is 6.69. The van der Waals surface area contributed by atoms with Crippen molar-refractivity contribution in [3.8, 4) is 5.75 Å². The Hall–Kier alpha value is -0.970. The molecule has 4 nitrogen and oxygen atoms in total. The highest BCUT2D eigenvalue weighted by molar-refractivity contribution is 6.30. The monoisotopic (exact) mass is 358 g/mol. The number of methoxy groups -OCH3 is 1. The lowest BCUT2D eigenvalue weighted by Gasteiger charge is -2.45. The zero-order valence-corrected chi connectivity index (χ0v) is 14.8. The molecule has 0 spiro atoms. The maximum atomic E-state index is 12.7. The van der Waals surface area contributed by atoms with Gasteiger partial charge in [0.1, 0.15) is 5.75 Å². The Bertz CT molecular complexity index is 554. The molecule has 2 aliphatic carbocycles. The molecule has 2 saturated carbocycles. The third-order valence-corrected chi connectivity index (χ3v) is 5.32. The molecule has 128 valence electrons. The van der Waals surface area contributed by atoms with Crippen LogP contribution in [0.5, 0.6) is 5.75 Å². The van der Waals surface area contributed by atoms with Crippen molar-refractivity contribution in [3.05, 3.63) is 28.8 Å². The fraction of sp³-hybridized carbons (Fsp3) is 0.588. The van der Waals surface area contributed by atoms with Crippen molar-refractivity contribution in [1.29, 1.82) is 0 Å². The number of carbonyl (C=O) groups is 1. The number of carbonyl (C=O) groups excluding carboxylic acids is 1. The highest BCUT2D eigenvalue weighted by Gasteiger charge is 2.40. The van der Waals surface area contributed by atoms with Crippen molar-refractivity contribution >= 4 is 29.9 Å². The SMILES string of the molecule is COc1cc(Cl)ccc1C(=O)NC1C2CCCC1CC(N)C2.Cl. The zero-order chi connectivity index (χ0) is 15.7. The van der Waals surface area contributed by atoms with Crippen LogP contribution in [0, 0.1) is 11.8 Å². The van der Waals surface area contributed by atoms with Crippen LogP contribution < -0.4 is 15.8 Å². The van der Waals surface area contributed by atoms with E-state index in [1.165, 1.54) is 6.42 Å². The van der Waals surface area contributed by atoms with Crippen molar-refractivity contribution in [3.63, 3.8) is 0 Å². The van der Waals surface area contributed by atoms with Gasteiger partial charge in [-0.25, -0.2) is 0 Å². The minimum Gasteiger partial charge on any atom is -0.496 e. The van der Waals surface area contributed by atoms with E-state index in [2.05, 4.69) is 5.32 Å². The van der Waals surface area contributed by atoms with E-state index in [1.807, 2.05) is 0 Å². The quantitative estimate of drug-likeness (QED) is 0.869. The molecular weight excluding hydrogens is 335 g/mol. The molecule has 3 rings (SSSR count). The van der Waals surface area contributed by atoms with Gasteiger partial charge in [0.25, 0.3) is 5.91 Å². The average molecular weight is 359 g/mol. The first-order valence-corrected chi connectivity index (χ1v) is 8.36. The molecular formula is C17H24Cl2N2O2. The van der Waals surface area contributed by atoms with Gasteiger partial charge in [-0.3, -0.25) is 4.79 Å². The van der Waals surface area contributed by atoms with Crippen molar-refractivity contribution in [2.75, 3.05) is 7.11 Å². The molecule has 0 aromatic heterocycles. The molecule has 0 heterocycles. The second-order valence-electron chi connectivity index (χ2n) is 6.53. The standard InChI is InChI=1S/C17H23ClN2O2.ClH/c1-22-15-9-12(18)5-6-14(15)17(21)20-16-10-3-2-4-11(16)8-13(19)7-10;/h5-6,9-11,13,16H,2-4,7-8,19H2,1H3,(H,20,21);1H. The molecule has 23 heavy (non-hydrogen) atoms. The van der Waals surface area contributed by atoms with Gasteiger partial charge in [0.05, 0.1) is 12.7 Å². The Balaban J connectivity index is 0.00000192. The molecule has 2 fully saturated rings. The van der Waals surface area contributed by atoms with Gasteiger partial charge < -0.3 is 15.8 Å². The summed E-state index contributed by atoms with van der Waals surface area (Å²) in [6, 6.07) is 5.64. The molecule has 2 atom stereocenters. The lowest BCUT2D eigenvalue weighted by Crippen LogP contribution is -2.53. The summed E-state index contributed by atoms with van der Waals surface area (Å²) < 4.78 is 5.28. The predicted octanol–water partition coefficient (Wildman–Crippen LogP) is 3.41. The predicted molar refractivity (Wildman–Crippen MR) is 94.5 cm³/mol. The van der Waals surface area contributed by atoms with E-state index >= 15 is 0 Å². The third-order valence-electron chi connectivity index (χ3n) is 5.08. The molecule has 3 N–H and O–H groups in total. The summed E-state index contributed by atoms with van der Waals surface area (Å²) in [5, 5.41) is 3.80. The highest BCUT2D eigenvalue weighted by Crippen LogP contribution is 2.40. The number of nitrogens with two attached hydrogens (primary N) is 1. The molecule has 0 radical (unpaired) electrons. The van der Waals surface area contributed by atoms with Crippen LogP contribution in [-0.2, 0) is 0 Å². The maximum absolute atomic E-state index is 12.7. The van der Waals surface area contributed by atoms with Crippen LogP contribution in [0.2, 0.25) is 5.02 Å². The van der Waals surface area contributed by atoms with Crippen LogP contribution >= 0.6 is 24.0 Å². The normalized spacial score (nSPS) is 29.3. The van der Waals surface area contributed by atoms with Crippen LogP contribution in [0.1, 0.15) is 42.5 Å². The molecule has 1 amide bonds. The van der Waals surface area contributed by atoms with E-state index in [4.69, 9.17) is 22.1 Å². The number of ether oxygens (including phenoxy) is 1. The Kier molecular flexibility index (Phi) is 6.18. The Labute approximate surface area is 148 Å². The molecule has 1 aromatic rings. The van der Waals surface area contributed by atoms with Crippen LogP contribution in [0.3, 0.4) is 0 Å². The number of benzene rings is 1. The number of amides is 1. The average Bonchev–Trinajstić information content (AvgIpc) is 2.47. The summed E-state index contributed by atoms with van der Waals surface area (Å²) in [5.74, 6) is 1.45. The smallest absolute Gasteiger partial charge is 0.255 e. The van der Waals surface area contributed by atoms with Gasteiger partial charge in [0.15, 0.2) is 0 Å². The van der Waals surface area contributed by atoms with Gasteiger partial charge in [-0.1, -0.05) is 18.0 Å². The Morgan fingerprint density at radius 2 is 1.96 bits per heavy atom. The molecule has 6 heteroatoms. The number of fused-ring (bicyclic) bond motifs is 2. The number of nitrogens with one attached hydrogen (secondary N) is 1. The summed E-state index contributed by atoms with van der Waals surface area (Å²) in [6.07, 6.45) is 5.59. The van der Waals surface area contributed by atoms with E-state index in [0.29, 0.717) is 28.2 Å². The summed E-state index contributed by atoms with van der Waals surface area (Å²) >= 11 is 5.96. The van der Waals surface area contributed by atoms with Crippen LogP contribution in [0.25, 0.3) is 0 Å². The Morgan fingerprint density at radius 1 is 1.30 bits per heavy atom. The van der Waals surface area contributed by atoms with Gasteiger partial charge in [0.2, 0.25) is 0 Å². The molecule has 1 aromatic carbocycles. The van der Waals surface area contributed by atoms with Crippen LogP contribution in [0.15, 0.2) is 18.2 Å². The fourth-order valence-corrected chi connectivity index (χ4v) is 4.27. The molecule has 2 aliphatic rings. The van der Waals surface area contributed by atoms with E-state index in [1.54, 1.807) is 25.3 Å². The Morgan fingerprint density at radius 3 is 2.57 bits per heavy atom. The second-order valence-corrected chi connectivity index (χ2v) is 6.96. The first-order chi connectivity index (χ1) is 10.6. The summed E-state index contributed by atoms with van der Waals surface area (Å²) in [7, 11) is 1.55. The number of rotatable bonds is 3. The van der Waals surface area contributed by atoms with Gasteiger partial charge >= 0.3 is 0 Å². The molecule has 2 bridgehead atoms. The van der Waals surface area contributed by atoms with Gasteiger partial charge in [-0.15, -0.1) is 12.4 Å². The third kappa shape index (κ3) is 3.93.